The van der Waals surface area contributed by atoms with Crippen LogP contribution in [0.15, 0.2) is 30.6 Å². The van der Waals surface area contributed by atoms with Gasteiger partial charge in [0.05, 0.1) is 24.9 Å². The van der Waals surface area contributed by atoms with Gasteiger partial charge < -0.3 is 19.5 Å². The molecule has 32 heavy (non-hydrogen) atoms. The predicted octanol–water partition coefficient (Wildman–Crippen LogP) is 3.31. The van der Waals surface area contributed by atoms with Crippen LogP contribution in [0.4, 0.5) is 14.5 Å². The number of hydrogen-bond donors (Lipinski definition) is 1. The van der Waals surface area contributed by atoms with Crippen molar-refractivity contribution >= 4 is 22.6 Å². The molecule has 1 aliphatic carbocycles. The number of pyridine rings is 2. The van der Waals surface area contributed by atoms with Crippen molar-refractivity contribution in [2.24, 2.45) is 5.92 Å². The van der Waals surface area contributed by atoms with E-state index in [4.69, 9.17) is 4.74 Å². The molecule has 1 amide bonds. The van der Waals surface area contributed by atoms with Crippen molar-refractivity contribution in [1.82, 2.24) is 19.9 Å². The van der Waals surface area contributed by atoms with Gasteiger partial charge in [0, 0.05) is 54.1 Å². The standard InChI is InChI=1S/C23H23F2N5O2/c1-32-21-8-14(18(25)9-27-21)19-7-16-20(4-5-26-22(16)28-19)29-10-12-2-3-13(11-29)30(12)23(31)15-6-17(15)24/h4-5,7-9,12-13,15,17H,2-3,6,10-11H2,1H3,(H,26,28)/t12?,13?,15-,17-/m1/s1. The lowest BCUT2D eigenvalue weighted by Crippen LogP contribution is -2.56. The molecule has 2 aliphatic heterocycles. The van der Waals surface area contributed by atoms with Crippen molar-refractivity contribution in [2.75, 3.05) is 25.1 Å². The zero-order chi connectivity index (χ0) is 22.0. The number of nitrogens with one attached hydrogen (secondary N) is 1. The van der Waals surface area contributed by atoms with Gasteiger partial charge >= 0.3 is 0 Å². The van der Waals surface area contributed by atoms with Gasteiger partial charge in [-0.3, -0.25) is 4.79 Å². The fourth-order valence-corrected chi connectivity index (χ4v) is 5.24. The third-order valence-electron chi connectivity index (χ3n) is 6.95. The Morgan fingerprint density at radius 2 is 1.97 bits per heavy atom. The lowest BCUT2D eigenvalue weighted by Gasteiger charge is -2.42. The Morgan fingerprint density at radius 3 is 2.66 bits per heavy atom. The number of ether oxygens (including phenoxy) is 1. The van der Waals surface area contributed by atoms with Crippen molar-refractivity contribution in [3.05, 3.63) is 36.4 Å². The van der Waals surface area contributed by atoms with E-state index in [-0.39, 0.29) is 18.0 Å². The number of aromatic amines is 1. The van der Waals surface area contributed by atoms with E-state index >= 15 is 0 Å². The topological polar surface area (TPSA) is 74.3 Å². The Bertz CT molecular complexity index is 1200. The normalized spacial score (nSPS) is 26.6. The maximum absolute atomic E-state index is 14.5. The van der Waals surface area contributed by atoms with Crippen LogP contribution in [-0.2, 0) is 4.79 Å². The second kappa shape index (κ2) is 7.15. The molecule has 7 nitrogen and oxygen atoms in total. The molecule has 5 heterocycles. The number of carbonyl (C=O) groups is 1. The smallest absolute Gasteiger partial charge is 0.229 e. The monoisotopic (exact) mass is 439 g/mol. The highest BCUT2D eigenvalue weighted by Gasteiger charge is 2.51. The minimum Gasteiger partial charge on any atom is -0.481 e. The molecule has 166 valence electrons. The second-order valence-electron chi connectivity index (χ2n) is 8.88. The molecule has 0 spiro atoms. The third kappa shape index (κ3) is 3.02. The molecular weight excluding hydrogens is 416 g/mol. The number of fused-ring (bicyclic) bond motifs is 3. The molecule has 3 aliphatic rings. The largest absolute Gasteiger partial charge is 0.481 e. The van der Waals surface area contributed by atoms with Gasteiger partial charge in [-0.1, -0.05) is 0 Å². The predicted molar refractivity (Wildman–Crippen MR) is 115 cm³/mol. The molecule has 0 aromatic carbocycles. The third-order valence-corrected chi connectivity index (χ3v) is 6.95. The summed E-state index contributed by atoms with van der Waals surface area (Å²) >= 11 is 0. The molecule has 4 atom stereocenters. The molecule has 2 bridgehead atoms. The highest BCUT2D eigenvalue weighted by molar-refractivity contribution is 5.94. The van der Waals surface area contributed by atoms with Gasteiger partial charge in [-0.25, -0.2) is 18.7 Å². The van der Waals surface area contributed by atoms with Crippen molar-refractivity contribution in [3.63, 3.8) is 0 Å². The number of methoxy groups -OCH3 is 1. The first-order valence-corrected chi connectivity index (χ1v) is 10.9. The number of H-pyrrole nitrogens is 1. The second-order valence-corrected chi connectivity index (χ2v) is 8.88. The number of alkyl halides is 1. The Kier molecular flexibility index (Phi) is 4.34. The number of nitrogens with zero attached hydrogens (tertiary/aromatic N) is 4. The van der Waals surface area contributed by atoms with Crippen molar-refractivity contribution in [2.45, 2.75) is 37.5 Å². The fourth-order valence-electron chi connectivity index (χ4n) is 5.24. The van der Waals surface area contributed by atoms with Crippen molar-refractivity contribution in [1.29, 1.82) is 0 Å². The molecule has 0 radical (unpaired) electrons. The van der Waals surface area contributed by atoms with E-state index in [1.54, 1.807) is 12.3 Å². The Labute approximate surface area is 183 Å². The summed E-state index contributed by atoms with van der Waals surface area (Å²) in [7, 11) is 1.49. The average Bonchev–Trinajstić information content (AvgIpc) is 3.27. The van der Waals surface area contributed by atoms with Gasteiger partial charge in [-0.15, -0.1) is 0 Å². The minimum atomic E-state index is -0.967. The average molecular weight is 439 g/mol. The van der Waals surface area contributed by atoms with E-state index in [0.717, 1.165) is 30.1 Å². The number of rotatable bonds is 4. The summed E-state index contributed by atoms with van der Waals surface area (Å²) in [4.78, 5) is 28.5. The van der Waals surface area contributed by atoms with Crippen LogP contribution in [0.2, 0.25) is 0 Å². The fraction of sp³-hybridized carbons (Fsp3) is 0.435. The minimum absolute atomic E-state index is 0.0180. The number of anilines is 1. The number of aromatic nitrogens is 3. The number of amides is 1. The quantitative estimate of drug-likeness (QED) is 0.675. The summed E-state index contributed by atoms with van der Waals surface area (Å²) in [5.41, 5.74) is 2.62. The molecule has 3 aromatic rings. The maximum atomic E-state index is 14.5. The van der Waals surface area contributed by atoms with Gasteiger partial charge in [0.15, 0.2) is 5.82 Å². The first kappa shape index (κ1) is 19.5. The number of carbonyl (C=O) groups excluding carboxylic acids is 1. The van der Waals surface area contributed by atoms with Gasteiger partial charge in [0.2, 0.25) is 11.8 Å². The first-order chi connectivity index (χ1) is 15.5. The molecule has 3 fully saturated rings. The van der Waals surface area contributed by atoms with E-state index in [0.29, 0.717) is 42.3 Å². The summed E-state index contributed by atoms with van der Waals surface area (Å²) in [5, 5.41) is 0.892. The van der Waals surface area contributed by atoms with Gasteiger partial charge in [-0.2, -0.15) is 0 Å². The van der Waals surface area contributed by atoms with Gasteiger partial charge in [0.1, 0.15) is 11.8 Å². The van der Waals surface area contributed by atoms with Crippen LogP contribution in [0.25, 0.3) is 22.3 Å². The zero-order valence-electron chi connectivity index (χ0n) is 17.6. The van der Waals surface area contributed by atoms with Crippen LogP contribution in [0, 0.1) is 11.7 Å². The summed E-state index contributed by atoms with van der Waals surface area (Å²) in [6.45, 7) is 1.39. The van der Waals surface area contributed by atoms with Crippen LogP contribution < -0.4 is 9.64 Å². The lowest BCUT2D eigenvalue weighted by atomic mass is 10.1. The Balaban J connectivity index is 1.32. The molecule has 2 unspecified atom stereocenters. The van der Waals surface area contributed by atoms with Crippen LogP contribution in [0.5, 0.6) is 5.88 Å². The van der Waals surface area contributed by atoms with E-state index in [2.05, 4.69) is 19.9 Å². The molecular formula is C23H23F2N5O2. The molecule has 2 saturated heterocycles. The number of halogens is 2. The van der Waals surface area contributed by atoms with Crippen LogP contribution in [-0.4, -0.2) is 64.2 Å². The van der Waals surface area contributed by atoms with Gasteiger partial charge in [0.25, 0.3) is 0 Å². The number of piperazine rings is 1. The zero-order valence-corrected chi connectivity index (χ0v) is 17.6. The molecule has 9 heteroatoms. The molecule has 6 rings (SSSR count). The summed E-state index contributed by atoms with van der Waals surface area (Å²) in [5.74, 6) is -0.570. The van der Waals surface area contributed by atoms with E-state index in [1.165, 1.54) is 7.11 Å². The summed E-state index contributed by atoms with van der Waals surface area (Å²) in [6.07, 6.45) is 4.15. The Morgan fingerprint density at radius 1 is 1.22 bits per heavy atom. The highest BCUT2D eigenvalue weighted by atomic mass is 19.1. The molecule has 1 saturated carbocycles. The SMILES string of the molecule is COc1cc(-c2cc3c(N4CC5CCC(C4)N5C(=O)[C@@H]4C[C@H]4F)ccnc3[nH]2)c(F)cn1. The van der Waals surface area contributed by atoms with E-state index in [9.17, 15) is 13.6 Å². The molecule has 3 aromatic heterocycles. The summed E-state index contributed by atoms with van der Waals surface area (Å²) < 4.78 is 33.1. The lowest BCUT2D eigenvalue weighted by molar-refractivity contribution is -0.136. The van der Waals surface area contributed by atoms with Crippen LogP contribution >= 0.6 is 0 Å². The Hall–Kier alpha value is -3.23. The van der Waals surface area contributed by atoms with Crippen LogP contribution in [0.1, 0.15) is 19.3 Å². The van der Waals surface area contributed by atoms with E-state index < -0.39 is 17.9 Å². The number of hydrogen-bond acceptors (Lipinski definition) is 5. The van der Waals surface area contributed by atoms with Gasteiger partial charge in [-0.05, 0) is 31.4 Å². The van der Waals surface area contributed by atoms with Crippen molar-refractivity contribution in [3.8, 4) is 17.1 Å². The summed E-state index contributed by atoms with van der Waals surface area (Å²) in [6, 6.07) is 5.60. The van der Waals surface area contributed by atoms with Crippen LogP contribution in [0.3, 0.4) is 0 Å². The first-order valence-electron chi connectivity index (χ1n) is 10.9. The van der Waals surface area contributed by atoms with Crippen molar-refractivity contribution < 1.29 is 18.3 Å². The maximum Gasteiger partial charge on any atom is 0.229 e. The highest BCUT2D eigenvalue weighted by Crippen LogP contribution is 2.42. The van der Waals surface area contributed by atoms with E-state index in [1.807, 2.05) is 17.0 Å². The molecule has 1 N–H and O–H groups in total.